The summed E-state index contributed by atoms with van der Waals surface area (Å²) in [4.78, 5) is -0.823. The zero-order chi connectivity index (χ0) is 29.1. The maximum atomic E-state index is 13.5. The zero-order valence-electron chi connectivity index (χ0n) is 20.5. The first-order chi connectivity index (χ1) is 18.7. The van der Waals surface area contributed by atoms with Gasteiger partial charge in [-0.2, -0.15) is 26.3 Å². The van der Waals surface area contributed by atoms with Crippen LogP contribution in [0, 0.1) is 0 Å². The standard InChI is InChI=1S/C26H21ClF6N4O2S/c27-22-11-10-20(15-21(22)26(31,32)33)40(38,39)36-23-14-19(25(28,29)30)9-8-18(23)13-24-35-34-16-37(24)12-4-7-17-5-2-1-3-6-17/h1-3,5-6,8-11,14-16,36H,4,7,12-13H2. The first kappa shape index (κ1) is 29.4. The number of rotatable bonds is 9. The minimum Gasteiger partial charge on any atom is -0.317 e. The van der Waals surface area contributed by atoms with Crippen molar-refractivity contribution in [1.29, 1.82) is 0 Å². The number of aromatic nitrogens is 3. The Hall–Kier alpha value is -3.58. The summed E-state index contributed by atoms with van der Waals surface area (Å²) in [5.74, 6) is 0.360. The van der Waals surface area contributed by atoms with Gasteiger partial charge in [0, 0.05) is 13.0 Å². The predicted octanol–water partition coefficient (Wildman–Crippen LogP) is 6.99. The number of sulfonamides is 1. The van der Waals surface area contributed by atoms with Crippen LogP contribution in [0.2, 0.25) is 5.02 Å². The van der Waals surface area contributed by atoms with Crippen LogP contribution in [-0.2, 0) is 41.8 Å². The van der Waals surface area contributed by atoms with E-state index in [9.17, 15) is 34.8 Å². The van der Waals surface area contributed by atoms with Gasteiger partial charge in [-0.05, 0) is 54.3 Å². The molecule has 4 rings (SSSR count). The van der Waals surface area contributed by atoms with E-state index in [1.54, 1.807) is 4.57 Å². The van der Waals surface area contributed by atoms with Crippen molar-refractivity contribution in [2.24, 2.45) is 0 Å². The minimum atomic E-state index is -4.95. The summed E-state index contributed by atoms with van der Waals surface area (Å²) in [6.07, 6.45) is -6.94. The summed E-state index contributed by atoms with van der Waals surface area (Å²) >= 11 is 5.58. The summed E-state index contributed by atoms with van der Waals surface area (Å²) in [6, 6.07) is 14.1. The molecular formula is C26H21ClF6N4O2S. The fourth-order valence-corrected chi connectivity index (χ4v) is 5.31. The number of halogens is 7. The molecule has 3 aromatic carbocycles. The van der Waals surface area contributed by atoms with Crippen LogP contribution in [0.4, 0.5) is 32.0 Å². The highest BCUT2D eigenvalue weighted by atomic mass is 35.5. The van der Waals surface area contributed by atoms with E-state index in [1.807, 2.05) is 35.1 Å². The first-order valence-corrected chi connectivity index (χ1v) is 13.6. The Morgan fingerprint density at radius 2 is 1.62 bits per heavy atom. The third kappa shape index (κ3) is 7.13. The molecule has 212 valence electrons. The van der Waals surface area contributed by atoms with Crippen molar-refractivity contribution in [3.05, 3.63) is 106 Å². The van der Waals surface area contributed by atoms with Gasteiger partial charge in [-0.15, -0.1) is 10.2 Å². The Bertz CT molecular complexity index is 1590. The first-order valence-electron chi connectivity index (χ1n) is 11.7. The summed E-state index contributed by atoms with van der Waals surface area (Å²) in [7, 11) is -4.75. The van der Waals surface area contributed by atoms with Gasteiger partial charge in [0.1, 0.15) is 12.2 Å². The Morgan fingerprint density at radius 3 is 2.30 bits per heavy atom. The molecule has 0 saturated carbocycles. The number of nitrogens with zero attached hydrogens (tertiary/aromatic N) is 3. The molecule has 4 aromatic rings. The normalized spacial score (nSPS) is 12.5. The molecule has 0 bridgehead atoms. The van der Waals surface area contributed by atoms with E-state index in [1.165, 1.54) is 6.33 Å². The predicted molar refractivity (Wildman–Crippen MR) is 136 cm³/mol. The molecule has 40 heavy (non-hydrogen) atoms. The van der Waals surface area contributed by atoms with Gasteiger partial charge in [-0.3, -0.25) is 4.72 Å². The molecule has 1 heterocycles. The average molecular weight is 603 g/mol. The zero-order valence-corrected chi connectivity index (χ0v) is 22.0. The van der Waals surface area contributed by atoms with Crippen molar-refractivity contribution in [3.8, 4) is 0 Å². The van der Waals surface area contributed by atoms with Crippen molar-refractivity contribution in [1.82, 2.24) is 14.8 Å². The summed E-state index contributed by atoms with van der Waals surface area (Å²) < 4.78 is 110. The van der Waals surface area contributed by atoms with Crippen LogP contribution in [0.5, 0.6) is 0 Å². The van der Waals surface area contributed by atoms with E-state index in [0.717, 1.165) is 36.2 Å². The van der Waals surface area contributed by atoms with E-state index < -0.39 is 49.1 Å². The van der Waals surface area contributed by atoms with Gasteiger partial charge in [-0.1, -0.05) is 48.0 Å². The Balaban J connectivity index is 1.62. The van der Waals surface area contributed by atoms with Gasteiger partial charge in [0.15, 0.2) is 0 Å². The molecular weight excluding hydrogens is 582 g/mol. The molecule has 0 unspecified atom stereocenters. The number of aryl methyl sites for hydroxylation is 2. The van der Waals surface area contributed by atoms with Crippen LogP contribution in [0.15, 0.2) is 78.0 Å². The lowest BCUT2D eigenvalue weighted by molar-refractivity contribution is -0.138. The van der Waals surface area contributed by atoms with Gasteiger partial charge >= 0.3 is 12.4 Å². The smallest absolute Gasteiger partial charge is 0.317 e. The molecule has 0 spiro atoms. The van der Waals surface area contributed by atoms with Crippen LogP contribution in [0.25, 0.3) is 0 Å². The van der Waals surface area contributed by atoms with Crippen LogP contribution in [-0.4, -0.2) is 23.2 Å². The third-order valence-electron chi connectivity index (χ3n) is 5.99. The largest absolute Gasteiger partial charge is 0.417 e. The van der Waals surface area contributed by atoms with Crippen LogP contribution < -0.4 is 4.72 Å². The lowest BCUT2D eigenvalue weighted by Crippen LogP contribution is -2.17. The van der Waals surface area contributed by atoms with E-state index in [4.69, 9.17) is 11.6 Å². The average Bonchev–Trinajstić information content (AvgIpc) is 3.31. The van der Waals surface area contributed by atoms with Crippen LogP contribution in [0.1, 0.15) is 34.5 Å². The van der Waals surface area contributed by atoms with Gasteiger partial charge in [0.25, 0.3) is 10.0 Å². The fraction of sp³-hybridized carbons (Fsp3) is 0.231. The number of anilines is 1. The van der Waals surface area contributed by atoms with Crippen molar-refractivity contribution in [2.45, 2.75) is 43.1 Å². The Labute approximate surface area is 230 Å². The molecule has 0 aliphatic heterocycles. The van der Waals surface area contributed by atoms with Crippen molar-refractivity contribution in [2.75, 3.05) is 4.72 Å². The monoisotopic (exact) mass is 602 g/mol. The molecule has 0 amide bonds. The molecule has 0 fully saturated rings. The molecule has 0 radical (unpaired) electrons. The lowest BCUT2D eigenvalue weighted by atomic mass is 10.1. The van der Waals surface area contributed by atoms with E-state index in [2.05, 4.69) is 10.2 Å². The highest BCUT2D eigenvalue weighted by Gasteiger charge is 2.35. The van der Waals surface area contributed by atoms with E-state index >= 15 is 0 Å². The van der Waals surface area contributed by atoms with Crippen molar-refractivity contribution in [3.63, 3.8) is 0 Å². The molecule has 0 aliphatic rings. The number of alkyl halides is 6. The summed E-state index contributed by atoms with van der Waals surface area (Å²) in [6.45, 7) is 0.490. The van der Waals surface area contributed by atoms with E-state index in [-0.39, 0.29) is 12.0 Å². The summed E-state index contributed by atoms with van der Waals surface area (Å²) in [5.41, 5.74) is -1.78. The number of nitrogens with one attached hydrogen (secondary N) is 1. The van der Waals surface area contributed by atoms with Crippen molar-refractivity contribution < 1.29 is 34.8 Å². The highest BCUT2D eigenvalue weighted by molar-refractivity contribution is 7.92. The Morgan fingerprint density at radius 1 is 0.900 bits per heavy atom. The van der Waals surface area contributed by atoms with E-state index in [0.29, 0.717) is 30.9 Å². The quantitative estimate of drug-likeness (QED) is 0.209. The van der Waals surface area contributed by atoms with Gasteiger partial charge in [0.05, 0.1) is 26.7 Å². The third-order valence-corrected chi connectivity index (χ3v) is 7.68. The fourth-order valence-electron chi connectivity index (χ4n) is 3.97. The second-order valence-electron chi connectivity index (χ2n) is 8.82. The maximum Gasteiger partial charge on any atom is 0.417 e. The minimum absolute atomic E-state index is 0.101. The number of hydrogen-bond donors (Lipinski definition) is 1. The second kappa shape index (κ2) is 11.5. The number of benzene rings is 3. The lowest BCUT2D eigenvalue weighted by Gasteiger charge is -2.17. The molecule has 1 aromatic heterocycles. The highest BCUT2D eigenvalue weighted by Crippen LogP contribution is 2.37. The molecule has 6 nitrogen and oxygen atoms in total. The maximum absolute atomic E-state index is 13.5. The van der Waals surface area contributed by atoms with Gasteiger partial charge in [0.2, 0.25) is 0 Å². The topological polar surface area (TPSA) is 76.9 Å². The molecule has 0 aliphatic carbocycles. The van der Waals surface area contributed by atoms with Gasteiger partial charge < -0.3 is 4.57 Å². The Kier molecular flexibility index (Phi) is 8.45. The SMILES string of the molecule is O=S(=O)(Nc1cc(C(F)(F)F)ccc1Cc1nncn1CCCc1ccccc1)c1ccc(Cl)c(C(F)(F)F)c1. The molecule has 14 heteroatoms. The van der Waals surface area contributed by atoms with Crippen LogP contribution in [0.3, 0.4) is 0 Å². The summed E-state index contributed by atoms with van der Waals surface area (Å²) in [5, 5.41) is 7.17. The molecule has 0 atom stereocenters. The molecule has 0 saturated heterocycles. The number of hydrogen-bond acceptors (Lipinski definition) is 4. The van der Waals surface area contributed by atoms with Crippen LogP contribution >= 0.6 is 11.6 Å². The second-order valence-corrected chi connectivity index (χ2v) is 10.9. The van der Waals surface area contributed by atoms with Crippen molar-refractivity contribution >= 4 is 27.3 Å². The van der Waals surface area contributed by atoms with Gasteiger partial charge in [-0.25, -0.2) is 8.42 Å². The molecule has 1 N–H and O–H groups in total.